The zero-order valence-corrected chi connectivity index (χ0v) is 20.3. The number of hydrogen-bond donors (Lipinski definition) is 0. The van der Waals surface area contributed by atoms with Gasteiger partial charge in [0.2, 0.25) is 0 Å². The van der Waals surface area contributed by atoms with Crippen molar-refractivity contribution in [2.75, 3.05) is 6.61 Å². The number of nitrogens with zero attached hydrogens (tertiary/aromatic N) is 4. The van der Waals surface area contributed by atoms with Gasteiger partial charge in [0.05, 0.1) is 34.1 Å². The summed E-state index contributed by atoms with van der Waals surface area (Å²) in [5.41, 5.74) is 3.67. The standard InChI is InChI=1S/C25H28N4O3S/c1-6-28-19(12-13-26-28)14-20-23(30)29-22(18-10-8-17(9-11-18)15(3)4)21(24(31)32-7-2)16(5)27-25(29)33-20/h8-15,22H,6-7H2,1-5H3/b20-14+/t22-/m1/s1. The van der Waals surface area contributed by atoms with Crippen LogP contribution in [0.25, 0.3) is 6.08 Å². The van der Waals surface area contributed by atoms with Crippen LogP contribution in [0, 0.1) is 0 Å². The molecule has 1 aliphatic heterocycles. The van der Waals surface area contributed by atoms with E-state index in [1.807, 2.05) is 48.0 Å². The lowest BCUT2D eigenvalue weighted by Crippen LogP contribution is -2.40. The van der Waals surface area contributed by atoms with Crippen LogP contribution in [0.1, 0.15) is 63.4 Å². The van der Waals surface area contributed by atoms with Gasteiger partial charge in [-0.2, -0.15) is 5.10 Å². The van der Waals surface area contributed by atoms with E-state index in [-0.39, 0.29) is 12.2 Å². The summed E-state index contributed by atoms with van der Waals surface area (Å²) in [5, 5.41) is 4.28. The van der Waals surface area contributed by atoms with E-state index < -0.39 is 12.0 Å². The molecule has 1 atom stereocenters. The van der Waals surface area contributed by atoms with Crippen LogP contribution in [0.3, 0.4) is 0 Å². The number of aromatic nitrogens is 3. The first-order valence-corrected chi connectivity index (χ1v) is 12.0. The lowest BCUT2D eigenvalue weighted by atomic mass is 9.93. The van der Waals surface area contributed by atoms with E-state index >= 15 is 0 Å². The van der Waals surface area contributed by atoms with Gasteiger partial charge >= 0.3 is 5.97 Å². The van der Waals surface area contributed by atoms with Crippen LogP contribution in [0.5, 0.6) is 0 Å². The number of rotatable bonds is 6. The summed E-state index contributed by atoms with van der Waals surface area (Å²) < 4.78 is 9.35. The number of ether oxygens (including phenoxy) is 1. The molecule has 1 aliphatic rings. The summed E-state index contributed by atoms with van der Waals surface area (Å²) in [4.78, 5) is 31.8. The molecular formula is C25H28N4O3S. The Bertz CT molecular complexity index is 1390. The number of carbonyl (C=O) groups is 1. The summed E-state index contributed by atoms with van der Waals surface area (Å²) in [6.07, 6.45) is 3.55. The van der Waals surface area contributed by atoms with E-state index in [0.29, 0.717) is 33.1 Å². The normalized spacial score (nSPS) is 16.2. The van der Waals surface area contributed by atoms with Crippen molar-refractivity contribution in [3.8, 4) is 0 Å². The number of hydrogen-bond acceptors (Lipinski definition) is 6. The Morgan fingerprint density at radius 1 is 1.21 bits per heavy atom. The smallest absolute Gasteiger partial charge is 0.338 e. The van der Waals surface area contributed by atoms with Crippen molar-refractivity contribution < 1.29 is 9.53 Å². The number of allylic oxidation sites excluding steroid dienone is 1. The van der Waals surface area contributed by atoms with Gasteiger partial charge in [0, 0.05) is 12.7 Å². The van der Waals surface area contributed by atoms with E-state index in [2.05, 4.69) is 23.9 Å². The van der Waals surface area contributed by atoms with Gasteiger partial charge in [-0.1, -0.05) is 49.4 Å². The molecule has 0 amide bonds. The quantitative estimate of drug-likeness (QED) is 0.525. The monoisotopic (exact) mass is 464 g/mol. The molecule has 7 nitrogen and oxygen atoms in total. The summed E-state index contributed by atoms with van der Waals surface area (Å²) in [6.45, 7) is 10.8. The third kappa shape index (κ3) is 4.23. The van der Waals surface area contributed by atoms with Crippen molar-refractivity contribution in [3.05, 3.63) is 84.3 Å². The third-order valence-electron chi connectivity index (χ3n) is 5.76. The molecule has 172 valence electrons. The van der Waals surface area contributed by atoms with E-state index in [9.17, 15) is 9.59 Å². The molecule has 0 aliphatic carbocycles. The highest BCUT2D eigenvalue weighted by Crippen LogP contribution is 2.31. The largest absolute Gasteiger partial charge is 0.463 e. The van der Waals surface area contributed by atoms with Crippen LogP contribution in [0.4, 0.5) is 0 Å². The van der Waals surface area contributed by atoms with Crippen LogP contribution >= 0.6 is 11.3 Å². The lowest BCUT2D eigenvalue weighted by Gasteiger charge is -2.25. The fraction of sp³-hybridized carbons (Fsp3) is 0.360. The molecule has 0 N–H and O–H groups in total. The van der Waals surface area contributed by atoms with Crippen LogP contribution in [0.2, 0.25) is 0 Å². The zero-order valence-electron chi connectivity index (χ0n) is 19.5. The number of aryl methyl sites for hydroxylation is 1. The molecule has 0 bridgehead atoms. The molecule has 33 heavy (non-hydrogen) atoms. The maximum absolute atomic E-state index is 13.6. The molecule has 1 aromatic carbocycles. The fourth-order valence-corrected chi connectivity index (χ4v) is 5.07. The highest BCUT2D eigenvalue weighted by molar-refractivity contribution is 7.07. The molecule has 0 saturated heterocycles. The van der Waals surface area contributed by atoms with Gasteiger partial charge in [0.15, 0.2) is 4.80 Å². The number of esters is 1. The Balaban J connectivity index is 1.94. The minimum absolute atomic E-state index is 0.185. The molecule has 2 aromatic heterocycles. The SMILES string of the molecule is CCOC(=O)C1=C(C)N=c2s/c(=C/c3ccnn3CC)c(=O)n2[C@@H]1c1ccc(C(C)C)cc1. The molecule has 4 rings (SSSR count). The summed E-state index contributed by atoms with van der Waals surface area (Å²) >= 11 is 1.32. The molecule has 0 radical (unpaired) electrons. The van der Waals surface area contributed by atoms with E-state index in [4.69, 9.17) is 4.74 Å². The predicted octanol–water partition coefficient (Wildman–Crippen LogP) is 3.14. The Kier molecular flexibility index (Phi) is 6.47. The van der Waals surface area contributed by atoms with Gasteiger partial charge in [0.1, 0.15) is 0 Å². The second kappa shape index (κ2) is 9.31. The Morgan fingerprint density at radius 3 is 2.58 bits per heavy atom. The van der Waals surface area contributed by atoms with Crippen LogP contribution in [-0.4, -0.2) is 26.9 Å². The highest BCUT2D eigenvalue weighted by Gasteiger charge is 2.33. The lowest BCUT2D eigenvalue weighted by molar-refractivity contribution is -0.139. The highest BCUT2D eigenvalue weighted by atomic mass is 32.1. The molecule has 0 unspecified atom stereocenters. The van der Waals surface area contributed by atoms with E-state index in [0.717, 1.165) is 11.3 Å². The second-order valence-corrected chi connectivity index (χ2v) is 9.20. The molecule has 8 heteroatoms. The van der Waals surface area contributed by atoms with Crippen LogP contribution in [0.15, 0.2) is 57.6 Å². The van der Waals surface area contributed by atoms with Crippen molar-refractivity contribution >= 4 is 23.4 Å². The van der Waals surface area contributed by atoms with Crippen molar-refractivity contribution in [2.45, 2.75) is 53.1 Å². The molecule has 3 heterocycles. The Labute approximate surface area is 196 Å². The van der Waals surface area contributed by atoms with Crippen molar-refractivity contribution in [1.82, 2.24) is 14.3 Å². The molecule has 3 aromatic rings. The average molecular weight is 465 g/mol. The Hall–Kier alpha value is -3.26. The van der Waals surface area contributed by atoms with Crippen molar-refractivity contribution in [1.29, 1.82) is 0 Å². The first kappa shape index (κ1) is 22.9. The fourth-order valence-electron chi connectivity index (χ4n) is 4.03. The first-order chi connectivity index (χ1) is 15.8. The minimum Gasteiger partial charge on any atom is -0.463 e. The molecule has 0 spiro atoms. The second-order valence-electron chi connectivity index (χ2n) is 8.20. The van der Waals surface area contributed by atoms with E-state index in [1.54, 1.807) is 24.6 Å². The molecular weight excluding hydrogens is 436 g/mol. The first-order valence-electron chi connectivity index (χ1n) is 11.2. The Morgan fingerprint density at radius 2 is 1.94 bits per heavy atom. The van der Waals surface area contributed by atoms with Crippen LogP contribution < -0.4 is 14.9 Å². The zero-order chi connectivity index (χ0) is 23.7. The van der Waals surface area contributed by atoms with Crippen molar-refractivity contribution in [3.63, 3.8) is 0 Å². The average Bonchev–Trinajstić information content (AvgIpc) is 3.37. The predicted molar refractivity (Wildman–Crippen MR) is 129 cm³/mol. The molecule has 0 fully saturated rings. The van der Waals surface area contributed by atoms with Gasteiger partial charge in [-0.05, 0) is 50.0 Å². The topological polar surface area (TPSA) is 78.5 Å². The number of fused-ring (bicyclic) bond motifs is 1. The molecule has 0 saturated carbocycles. The maximum atomic E-state index is 13.6. The minimum atomic E-state index is -0.597. The summed E-state index contributed by atoms with van der Waals surface area (Å²) in [7, 11) is 0. The van der Waals surface area contributed by atoms with Gasteiger partial charge in [-0.15, -0.1) is 0 Å². The van der Waals surface area contributed by atoms with Crippen LogP contribution in [-0.2, 0) is 16.1 Å². The summed E-state index contributed by atoms with van der Waals surface area (Å²) in [6, 6.07) is 9.35. The summed E-state index contributed by atoms with van der Waals surface area (Å²) in [5.74, 6) is -0.0683. The van der Waals surface area contributed by atoms with Gasteiger partial charge in [-0.25, -0.2) is 9.79 Å². The number of benzene rings is 1. The number of carbonyl (C=O) groups excluding carboxylic acids is 1. The van der Waals surface area contributed by atoms with E-state index in [1.165, 1.54) is 16.9 Å². The third-order valence-corrected chi connectivity index (χ3v) is 6.75. The van der Waals surface area contributed by atoms with Gasteiger partial charge in [-0.3, -0.25) is 14.0 Å². The van der Waals surface area contributed by atoms with Crippen molar-refractivity contribution in [2.24, 2.45) is 4.99 Å². The maximum Gasteiger partial charge on any atom is 0.338 e. The number of thiazole rings is 1. The van der Waals surface area contributed by atoms with Gasteiger partial charge < -0.3 is 4.74 Å². The van der Waals surface area contributed by atoms with Gasteiger partial charge in [0.25, 0.3) is 5.56 Å².